The summed E-state index contributed by atoms with van der Waals surface area (Å²) in [7, 11) is -2.35. The Hall–Kier alpha value is -3.17. The molecule has 0 aliphatic carbocycles. The standard InChI is InChI=1S/C26H30N4O4S/c1-18-6-4-7-21-19(2)16-24(27-26(18)21)28-12-14-29(15-13-28)35(32,33)23-17-20(9-10-22(23)34-3)30-11-5-8-25(30)31/h4,6-7,9-10,16-17H,5,8,11-15H2,1-3H3. The Morgan fingerprint density at radius 2 is 1.71 bits per heavy atom. The van der Waals surface area contributed by atoms with Crippen molar-refractivity contribution in [3.63, 3.8) is 0 Å². The fraction of sp³-hybridized carbons (Fsp3) is 0.385. The number of piperazine rings is 1. The number of amides is 1. The van der Waals surface area contributed by atoms with Gasteiger partial charge in [0.2, 0.25) is 15.9 Å². The highest BCUT2D eigenvalue weighted by Gasteiger charge is 2.33. The average Bonchev–Trinajstić information content (AvgIpc) is 3.30. The zero-order valence-electron chi connectivity index (χ0n) is 20.3. The van der Waals surface area contributed by atoms with E-state index in [1.165, 1.54) is 11.4 Å². The normalized spacial score (nSPS) is 17.4. The minimum Gasteiger partial charge on any atom is -0.495 e. The number of carbonyl (C=O) groups excluding carboxylic acids is 1. The number of hydrogen-bond acceptors (Lipinski definition) is 6. The number of ether oxygens (including phenoxy) is 1. The molecule has 2 aromatic carbocycles. The largest absolute Gasteiger partial charge is 0.495 e. The van der Waals surface area contributed by atoms with Gasteiger partial charge < -0.3 is 14.5 Å². The second kappa shape index (κ2) is 9.13. The van der Waals surface area contributed by atoms with Crippen LogP contribution in [0.15, 0.2) is 47.4 Å². The van der Waals surface area contributed by atoms with Gasteiger partial charge in [-0.15, -0.1) is 0 Å². The molecule has 2 aliphatic heterocycles. The third-order valence-electron chi connectivity index (χ3n) is 6.95. The Kier molecular flexibility index (Phi) is 6.14. The van der Waals surface area contributed by atoms with E-state index in [9.17, 15) is 13.2 Å². The summed E-state index contributed by atoms with van der Waals surface area (Å²) >= 11 is 0. The van der Waals surface area contributed by atoms with E-state index >= 15 is 0 Å². The van der Waals surface area contributed by atoms with Crippen LogP contribution in [0.5, 0.6) is 5.75 Å². The Balaban J connectivity index is 1.39. The van der Waals surface area contributed by atoms with Crippen molar-refractivity contribution in [2.45, 2.75) is 31.6 Å². The van der Waals surface area contributed by atoms with Gasteiger partial charge >= 0.3 is 0 Å². The molecule has 5 rings (SSSR count). The van der Waals surface area contributed by atoms with E-state index in [0.717, 1.165) is 34.3 Å². The molecule has 9 heteroatoms. The maximum absolute atomic E-state index is 13.6. The topological polar surface area (TPSA) is 83.0 Å². The summed E-state index contributed by atoms with van der Waals surface area (Å²) in [4.78, 5) is 21.0. The summed E-state index contributed by atoms with van der Waals surface area (Å²) in [5.41, 5.74) is 3.85. The fourth-order valence-corrected chi connectivity index (χ4v) is 6.56. The average molecular weight is 495 g/mol. The molecule has 0 spiro atoms. The second-order valence-electron chi connectivity index (χ2n) is 9.14. The Labute approximate surface area is 206 Å². The van der Waals surface area contributed by atoms with Crippen LogP contribution < -0.4 is 14.5 Å². The minimum absolute atomic E-state index is 0.0144. The summed E-state index contributed by atoms with van der Waals surface area (Å²) < 4.78 is 34.2. The smallest absolute Gasteiger partial charge is 0.246 e. The first-order valence-corrected chi connectivity index (χ1v) is 13.3. The lowest BCUT2D eigenvalue weighted by Crippen LogP contribution is -2.49. The molecule has 0 N–H and O–H groups in total. The molecule has 0 saturated carbocycles. The van der Waals surface area contributed by atoms with Crippen LogP contribution >= 0.6 is 0 Å². The van der Waals surface area contributed by atoms with Crippen molar-refractivity contribution < 1.29 is 17.9 Å². The lowest BCUT2D eigenvalue weighted by molar-refractivity contribution is -0.117. The van der Waals surface area contributed by atoms with Crippen LogP contribution in [0.4, 0.5) is 11.5 Å². The molecule has 35 heavy (non-hydrogen) atoms. The monoisotopic (exact) mass is 494 g/mol. The van der Waals surface area contributed by atoms with Crippen LogP contribution in [0, 0.1) is 13.8 Å². The van der Waals surface area contributed by atoms with Gasteiger partial charge in [0.25, 0.3) is 0 Å². The molecule has 1 amide bonds. The van der Waals surface area contributed by atoms with Gasteiger partial charge in [-0.3, -0.25) is 4.79 Å². The van der Waals surface area contributed by atoms with E-state index in [4.69, 9.17) is 9.72 Å². The molecule has 8 nitrogen and oxygen atoms in total. The summed E-state index contributed by atoms with van der Waals surface area (Å²) in [5.74, 6) is 1.17. The number of pyridine rings is 1. The van der Waals surface area contributed by atoms with Crippen molar-refractivity contribution in [3.05, 3.63) is 53.6 Å². The number of fused-ring (bicyclic) bond motifs is 1. The molecule has 1 aromatic heterocycles. The Bertz CT molecular complexity index is 1400. The summed E-state index contributed by atoms with van der Waals surface area (Å²) in [6.45, 7) is 6.49. The van der Waals surface area contributed by atoms with Gasteiger partial charge in [-0.1, -0.05) is 18.2 Å². The van der Waals surface area contributed by atoms with Crippen molar-refractivity contribution in [1.29, 1.82) is 0 Å². The first-order valence-electron chi connectivity index (χ1n) is 11.9. The van der Waals surface area contributed by atoms with Crippen LogP contribution in [0.3, 0.4) is 0 Å². The quantitative estimate of drug-likeness (QED) is 0.540. The number of nitrogens with zero attached hydrogens (tertiary/aromatic N) is 4. The summed E-state index contributed by atoms with van der Waals surface area (Å²) in [5, 5.41) is 1.14. The third kappa shape index (κ3) is 4.23. The van der Waals surface area contributed by atoms with E-state index in [1.54, 1.807) is 23.1 Å². The molecular weight excluding hydrogens is 464 g/mol. The summed E-state index contributed by atoms with van der Waals surface area (Å²) in [6, 6.07) is 13.2. The van der Waals surface area contributed by atoms with Crippen molar-refractivity contribution in [3.8, 4) is 5.75 Å². The first kappa shape index (κ1) is 23.6. The number of sulfonamides is 1. The minimum atomic E-state index is -3.81. The number of anilines is 2. The SMILES string of the molecule is COc1ccc(N2CCCC2=O)cc1S(=O)(=O)N1CCN(c2cc(C)c3cccc(C)c3n2)CC1. The van der Waals surface area contributed by atoms with Gasteiger partial charge in [0, 0.05) is 50.2 Å². The number of para-hydroxylation sites is 1. The molecule has 2 saturated heterocycles. The van der Waals surface area contributed by atoms with E-state index in [2.05, 4.69) is 36.9 Å². The highest BCUT2D eigenvalue weighted by atomic mass is 32.2. The molecule has 0 radical (unpaired) electrons. The van der Waals surface area contributed by atoms with Gasteiger partial charge in [0.1, 0.15) is 16.5 Å². The molecule has 184 valence electrons. The summed E-state index contributed by atoms with van der Waals surface area (Å²) in [6.07, 6.45) is 1.26. The van der Waals surface area contributed by atoms with Crippen molar-refractivity contribution in [1.82, 2.24) is 9.29 Å². The molecule has 2 aliphatic rings. The van der Waals surface area contributed by atoms with Crippen molar-refractivity contribution in [2.75, 3.05) is 49.6 Å². The fourth-order valence-electron chi connectivity index (χ4n) is 4.96. The maximum Gasteiger partial charge on any atom is 0.246 e. The van der Waals surface area contributed by atoms with Gasteiger partial charge in [0.15, 0.2) is 0 Å². The van der Waals surface area contributed by atoms with Gasteiger partial charge in [-0.25, -0.2) is 13.4 Å². The van der Waals surface area contributed by atoms with Crippen molar-refractivity contribution in [2.24, 2.45) is 0 Å². The van der Waals surface area contributed by atoms with Crippen LogP contribution in [0.25, 0.3) is 10.9 Å². The predicted octanol–water partition coefficient (Wildman–Crippen LogP) is 3.50. The van der Waals surface area contributed by atoms with E-state index < -0.39 is 10.0 Å². The van der Waals surface area contributed by atoms with Gasteiger partial charge in [-0.05, 0) is 55.7 Å². The Morgan fingerprint density at radius 3 is 2.40 bits per heavy atom. The number of hydrogen-bond donors (Lipinski definition) is 0. The molecule has 3 heterocycles. The van der Waals surface area contributed by atoms with Gasteiger partial charge in [0.05, 0.1) is 12.6 Å². The van der Waals surface area contributed by atoms with Crippen LogP contribution in [-0.4, -0.2) is 63.4 Å². The molecule has 0 unspecified atom stereocenters. The van der Waals surface area contributed by atoms with Crippen molar-refractivity contribution >= 4 is 38.3 Å². The van der Waals surface area contributed by atoms with E-state index in [0.29, 0.717) is 44.8 Å². The highest BCUT2D eigenvalue weighted by molar-refractivity contribution is 7.89. The Morgan fingerprint density at radius 1 is 0.943 bits per heavy atom. The molecular formula is C26H30N4O4S. The zero-order valence-corrected chi connectivity index (χ0v) is 21.1. The second-order valence-corrected chi connectivity index (χ2v) is 11.1. The molecule has 2 fully saturated rings. The predicted molar refractivity (Wildman–Crippen MR) is 137 cm³/mol. The lowest BCUT2D eigenvalue weighted by Gasteiger charge is -2.35. The van der Waals surface area contributed by atoms with E-state index in [1.807, 2.05) is 6.07 Å². The maximum atomic E-state index is 13.6. The highest BCUT2D eigenvalue weighted by Crippen LogP contribution is 2.33. The van der Waals surface area contributed by atoms with Gasteiger partial charge in [-0.2, -0.15) is 4.31 Å². The molecule has 0 bridgehead atoms. The lowest BCUT2D eigenvalue weighted by atomic mass is 10.1. The number of aromatic nitrogens is 1. The first-order chi connectivity index (χ1) is 16.8. The number of rotatable bonds is 5. The number of carbonyl (C=O) groups is 1. The third-order valence-corrected chi connectivity index (χ3v) is 8.87. The van der Waals surface area contributed by atoms with Crippen LogP contribution in [-0.2, 0) is 14.8 Å². The van der Waals surface area contributed by atoms with E-state index in [-0.39, 0.29) is 16.6 Å². The zero-order chi connectivity index (χ0) is 24.7. The number of methoxy groups -OCH3 is 1. The van der Waals surface area contributed by atoms with Crippen LogP contribution in [0.1, 0.15) is 24.0 Å². The number of benzene rings is 2. The number of aryl methyl sites for hydroxylation is 2. The molecule has 3 aromatic rings. The van der Waals surface area contributed by atoms with Crippen LogP contribution in [0.2, 0.25) is 0 Å². The molecule has 0 atom stereocenters.